The molecule has 286 valence electrons. The molecule has 0 bridgehead atoms. The molecule has 6 rings (SSSR count). The highest BCUT2D eigenvalue weighted by molar-refractivity contribution is 6.04. The van der Waals surface area contributed by atoms with Gasteiger partial charge in [0.05, 0.1) is 33.5 Å². The number of hydrogen-bond donors (Lipinski definition) is 4. The van der Waals surface area contributed by atoms with Crippen molar-refractivity contribution < 1.29 is 19.2 Å². The molecule has 0 fully saturated rings. The SMILES string of the molecule is CC.CCn1nc(C)cc1C(=O)Nc1nc2cc(C(N)=O)ccc2n1CCCCn1c(NC(=O)c2cc(C)nn2CC)nc2cc(C)cc(C)c21.NC=O. The van der Waals surface area contributed by atoms with Gasteiger partial charge in [0, 0.05) is 31.7 Å². The summed E-state index contributed by atoms with van der Waals surface area (Å²) in [5.41, 5.74) is 17.7. The van der Waals surface area contributed by atoms with Crippen molar-refractivity contribution in [2.24, 2.45) is 11.5 Å². The average molecular weight is 739 g/mol. The van der Waals surface area contributed by atoms with Crippen LogP contribution in [0.15, 0.2) is 42.5 Å². The summed E-state index contributed by atoms with van der Waals surface area (Å²) in [5.74, 6) is -0.325. The van der Waals surface area contributed by atoms with E-state index in [2.05, 4.69) is 42.2 Å². The van der Waals surface area contributed by atoms with Crippen LogP contribution in [0.25, 0.3) is 22.1 Å². The Hall–Kier alpha value is -6.32. The minimum absolute atomic E-state index is 0.250. The quantitative estimate of drug-likeness (QED) is 0.0957. The summed E-state index contributed by atoms with van der Waals surface area (Å²) < 4.78 is 7.33. The number of anilines is 2. The molecule has 16 heteroatoms. The van der Waals surface area contributed by atoms with Gasteiger partial charge in [0.2, 0.25) is 24.2 Å². The van der Waals surface area contributed by atoms with Crippen molar-refractivity contribution in [1.82, 2.24) is 38.7 Å². The van der Waals surface area contributed by atoms with Crippen LogP contribution in [0.1, 0.15) is 94.4 Å². The molecule has 0 aliphatic heterocycles. The van der Waals surface area contributed by atoms with E-state index in [0.29, 0.717) is 67.0 Å². The topological polar surface area (TPSA) is 216 Å². The maximum atomic E-state index is 13.4. The van der Waals surface area contributed by atoms with Crippen molar-refractivity contribution in [2.75, 3.05) is 10.6 Å². The molecular formula is C38H50N12O4. The van der Waals surface area contributed by atoms with Gasteiger partial charge in [-0.1, -0.05) is 19.9 Å². The molecule has 6 N–H and O–H groups in total. The fourth-order valence-electron chi connectivity index (χ4n) is 6.38. The van der Waals surface area contributed by atoms with E-state index in [1.165, 1.54) is 0 Å². The normalized spacial score (nSPS) is 10.7. The third-order valence-corrected chi connectivity index (χ3v) is 8.54. The Morgan fingerprint density at radius 2 is 1.24 bits per heavy atom. The Morgan fingerprint density at radius 1 is 0.741 bits per heavy atom. The molecule has 54 heavy (non-hydrogen) atoms. The molecule has 0 radical (unpaired) electrons. The Kier molecular flexibility index (Phi) is 13.4. The summed E-state index contributed by atoms with van der Waals surface area (Å²) in [5, 5.41) is 14.8. The van der Waals surface area contributed by atoms with Gasteiger partial charge < -0.3 is 20.6 Å². The Labute approximate surface area is 313 Å². The number of amides is 4. The standard InChI is InChI=1S/C35H41N11O3.C2H6.CH3NO/c1-7-45-28(17-22(5)41-45)32(48)39-34-37-25-19-24(31(36)47)11-12-27(25)43(34)13-9-10-14-44-30-21(4)15-20(3)16-26(30)38-35(44)40-33(49)29-18-23(6)42-46(29)8-2;1-2;2-1-3/h11-12,15-19H,7-10,13-14H2,1-6H3,(H2,36,47)(H,37,39,48)(H,38,40,49);1-2H3;1H,(H2,2,3). The van der Waals surface area contributed by atoms with Gasteiger partial charge in [-0.05, 0) is 102 Å². The van der Waals surface area contributed by atoms with E-state index in [1.807, 2.05) is 66.0 Å². The first-order valence-electron chi connectivity index (χ1n) is 18.0. The highest BCUT2D eigenvalue weighted by Crippen LogP contribution is 2.27. The molecule has 0 unspecified atom stereocenters. The Balaban J connectivity index is 0.00000124. The minimum Gasteiger partial charge on any atom is -0.372 e. The molecule has 0 saturated carbocycles. The van der Waals surface area contributed by atoms with Crippen molar-refractivity contribution in [1.29, 1.82) is 0 Å². The van der Waals surface area contributed by atoms with Gasteiger partial charge in [-0.25, -0.2) is 9.97 Å². The van der Waals surface area contributed by atoms with Crippen LogP contribution in [-0.4, -0.2) is 62.8 Å². The number of primary amides is 2. The molecule has 6 aromatic rings. The van der Waals surface area contributed by atoms with Crippen molar-refractivity contribution in [3.63, 3.8) is 0 Å². The highest BCUT2D eigenvalue weighted by atomic mass is 16.2. The first kappa shape index (κ1) is 40.5. The number of aryl methyl sites for hydroxylation is 8. The molecule has 0 aliphatic rings. The Bertz CT molecular complexity index is 2290. The number of nitrogens with zero attached hydrogens (tertiary/aromatic N) is 8. The number of nitrogens with one attached hydrogen (secondary N) is 2. The molecule has 4 aromatic heterocycles. The molecule has 0 atom stereocenters. The lowest BCUT2D eigenvalue weighted by atomic mass is 10.1. The van der Waals surface area contributed by atoms with Crippen LogP contribution >= 0.6 is 0 Å². The van der Waals surface area contributed by atoms with Gasteiger partial charge in [-0.15, -0.1) is 0 Å². The molecular weight excluding hydrogens is 688 g/mol. The first-order chi connectivity index (χ1) is 25.9. The van der Waals surface area contributed by atoms with E-state index < -0.39 is 5.91 Å². The number of aromatic nitrogens is 8. The molecule has 0 aliphatic carbocycles. The third kappa shape index (κ3) is 8.82. The fraction of sp³-hybridized carbons (Fsp3) is 0.368. The number of fused-ring (bicyclic) bond motifs is 2. The fourth-order valence-corrected chi connectivity index (χ4v) is 6.38. The van der Waals surface area contributed by atoms with E-state index in [9.17, 15) is 14.4 Å². The molecule has 2 aromatic carbocycles. The van der Waals surface area contributed by atoms with Crippen LogP contribution in [0.3, 0.4) is 0 Å². The smallest absolute Gasteiger partial charge is 0.276 e. The number of rotatable bonds is 12. The van der Waals surface area contributed by atoms with Gasteiger partial charge in [0.1, 0.15) is 11.4 Å². The summed E-state index contributed by atoms with van der Waals surface area (Å²) in [6, 6.07) is 12.7. The van der Waals surface area contributed by atoms with Crippen molar-refractivity contribution in [2.45, 2.75) is 94.4 Å². The second-order valence-corrected chi connectivity index (χ2v) is 12.4. The van der Waals surface area contributed by atoms with Crippen LogP contribution in [0.5, 0.6) is 0 Å². The predicted octanol–water partition coefficient (Wildman–Crippen LogP) is 5.26. The van der Waals surface area contributed by atoms with E-state index >= 15 is 0 Å². The van der Waals surface area contributed by atoms with E-state index in [0.717, 1.165) is 45.5 Å². The maximum absolute atomic E-state index is 13.4. The number of carbonyl (C=O) groups excluding carboxylic acids is 4. The van der Waals surface area contributed by atoms with E-state index in [4.69, 9.17) is 15.5 Å². The zero-order valence-electron chi connectivity index (χ0n) is 32.2. The second kappa shape index (κ2) is 17.9. The number of imidazole rings is 2. The van der Waals surface area contributed by atoms with Gasteiger partial charge in [-0.2, -0.15) is 10.2 Å². The minimum atomic E-state index is -0.556. The first-order valence-corrected chi connectivity index (χ1v) is 18.0. The monoisotopic (exact) mass is 738 g/mol. The highest BCUT2D eigenvalue weighted by Gasteiger charge is 2.21. The largest absolute Gasteiger partial charge is 0.372 e. The van der Waals surface area contributed by atoms with Gasteiger partial charge in [0.15, 0.2) is 0 Å². The molecule has 0 spiro atoms. The zero-order chi connectivity index (χ0) is 39.7. The van der Waals surface area contributed by atoms with Crippen molar-refractivity contribution in [3.05, 3.63) is 81.9 Å². The predicted molar refractivity (Wildman–Crippen MR) is 209 cm³/mol. The van der Waals surface area contributed by atoms with E-state index in [-0.39, 0.29) is 18.2 Å². The maximum Gasteiger partial charge on any atom is 0.276 e. The molecule has 4 amide bonds. The van der Waals surface area contributed by atoms with Gasteiger partial charge in [-0.3, -0.25) is 39.2 Å². The number of carbonyl (C=O) groups is 4. The van der Waals surface area contributed by atoms with Crippen LogP contribution < -0.4 is 22.1 Å². The van der Waals surface area contributed by atoms with Gasteiger partial charge >= 0.3 is 0 Å². The van der Waals surface area contributed by atoms with Gasteiger partial charge in [0.25, 0.3) is 11.8 Å². The lowest BCUT2D eigenvalue weighted by Gasteiger charge is -2.13. The van der Waals surface area contributed by atoms with Crippen LogP contribution in [0, 0.1) is 27.7 Å². The summed E-state index contributed by atoms with van der Waals surface area (Å²) in [4.78, 5) is 56.8. The van der Waals surface area contributed by atoms with Crippen molar-refractivity contribution >= 4 is 58.1 Å². The Morgan fingerprint density at radius 3 is 1.76 bits per heavy atom. The zero-order valence-corrected chi connectivity index (χ0v) is 32.2. The van der Waals surface area contributed by atoms with Crippen LogP contribution in [0.4, 0.5) is 11.9 Å². The summed E-state index contributed by atoms with van der Waals surface area (Å²) in [6.45, 7) is 17.9. The average Bonchev–Trinajstić information content (AvgIpc) is 3.90. The molecule has 0 saturated heterocycles. The third-order valence-electron chi connectivity index (χ3n) is 8.54. The van der Waals surface area contributed by atoms with Crippen LogP contribution in [0.2, 0.25) is 0 Å². The number of unbranched alkanes of at least 4 members (excludes halogenated alkanes) is 1. The number of hydrogen-bond acceptors (Lipinski definition) is 8. The van der Waals surface area contributed by atoms with Crippen LogP contribution in [-0.2, 0) is 31.0 Å². The summed E-state index contributed by atoms with van der Waals surface area (Å²) >= 11 is 0. The van der Waals surface area contributed by atoms with Crippen molar-refractivity contribution in [3.8, 4) is 0 Å². The van der Waals surface area contributed by atoms with E-state index in [1.54, 1.807) is 39.7 Å². The number of nitrogens with two attached hydrogens (primary N) is 2. The molecule has 16 nitrogen and oxygen atoms in total. The molecule has 4 heterocycles. The second-order valence-electron chi connectivity index (χ2n) is 12.4. The lowest BCUT2D eigenvalue weighted by molar-refractivity contribution is -0.106. The summed E-state index contributed by atoms with van der Waals surface area (Å²) in [6.07, 6.45) is 1.68. The summed E-state index contributed by atoms with van der Waals surface area (Å²) in [7, 11) is 0. The number of benzene rings is 2. The lowest BCUT2D eigenvalue weighted by Crippen LogP contribution is -2.20.